The van der Waals surface area contributed by atoms with Gasteiger partial charge in [0.1, 0.15) is 0 Å². The molecule has 0 aliphatic carbocycles. The summed E-state index contributed by atoms with van der Waals surface area (Å²) in [5, 5.41) is 0. The third-order valence-corrected chi connectivity index (χ3v) is 5.00. The highest BCUT2D eigenvalue weighted by Crippen LogP contribution is 2.15. The number of methoxy groups -OCH3 is 1. The molecule has 0 aromatic heterocycles. The number of benzene rings is 2. The predicted octanol–water partition coefficient (Wildman–Crippen LogP) is 4.85. The molecule has 2 aromatic carbocycles. The van der Waals surface area contributed by atoms with E-state index in [1.54, 1.807) is 30.3 Å². The minimum atomic E-state index is -0.458. The van der Waals surface area contributed by atoms with E-state index in [-0.39, 0.29) is 12.1 Å². The van der Waals surface area contributed by atoms with Crippen molar-refractivity contribution in [3.05, 3.63) is 76.9 Å². The summed E-state index contributed by atoms with van der Waals surface area (Å²) in [5.41, 5.74) is 2.97. The van der Waals surface area contributed by atoms with E-state index in [9.17, 15) is 9.59 Å². The number of rotatable bonds is 9. The quantitative estimate of drug-likeness (QED) is 0.257. The largest absolute Gasteiger partial charge is 0.465 e. The van der Waals surface area contributed by atoms with Crippen molar-refractivity contribution < 1.29 is 23.8 Å². The van der Waals surface area contributed by atoms with Crippen LogP contribution in [0.3, 0.4) is 0 Å². The van der Waals surface area contributed by atoms with Gasteiger partial charge in [-0.3, -0.25) is 4.79 Å². The molecule has 30 heavy (non-hydrogen) atoms. The van der Waals surface area contributed by atoms with Crippen LogP contribution in [0.5, 0.6) is 0 Å². The summed E-state index contributed by atoms with van der Waals surface area (Å²) < 4.78 is 16.1. The number of ketones is 1. The van der Waals surface area contributed by atoms with Crippen LogP contribution in [0.25, 0.3) is 6.08 Å². The third kappa shape index (κ3) is 6.65. The van der Waals surface area contributed by atoms with Crippen LogP contribution >= 0.6 is 0 Å². The van der Waals surface area contributed by atoms with Crippen molar-refractivity contribution in [2.45, 2.75) is 38.4 Å². The fraction of sp³-hybridized carbons (Fsp3) is 0.360. The topological polar surface area (TPSA) is 61.8 Å². The number of allylic oxidation sites excluding steroid dienone is 1. The maximum absolute atomic E-state index is 12.5. The summed E-state index contributed by atoms with van der Waals surface area (Å²) in [7, 11) is 1.32. The van der Waals surface area contributed by atoms with Crippen molar-refractivity contribution >= 4 is 17.8 Å². The number of carbonyl (C=O) groups excluding carboxylic acids is 2. The minimum Gasteiger partial charge on any atom is -0.465 e. The average Bonchev–Trinajstić information content (AvgIpc) is 2.81. The number of ether oxygens (including phenoxy) is 3. The Morgan fingerprint density at radius 2 is 1.93 bits per heavy atom. The zero-order chi connectivity index (χ0) is 21.2. The fourth-order valence-corrected chi connectivity index (χ4v) is 3.37. The Labute approximate surface area is 177 Å². The molecule has 1 heterocycles. The zero-order valence-corrected chi connectivity index (χ0v) is 17.3. The van der Waals surface area contributed by atoms with Gasteiger partial charge in [0.2, 0.25) is 0 Å². The first-order valence-electron chi connectivity index (χ1n) is 10.4. The highest BCUT2D eigenvalue weighted by molar-refractivity contribution is 6.07. The number of hydrogen-bond donors (Lipinski definition) is 0. The Bertz CT molecular complexity index is 881. The molecule has 1 fully saturated rings. The van der Waals surface area contributed by atoms with Crippen molar-refractivity contribution in [2.75, 3.05) is 20.3 Å². The van der Waals surface area contributed by atoms with Gasteiger partial charge in [-0.2, -0.15) is 0 Å². The second-order valence-corrected chi connectivity index (χ2v) is 7.29. The van der Waals surface area contributed by atoms with E-state index in [1.807, 2.05) is 12.1 Å². The molecule has 1 saturated heterocycles. The number of esters is 1. The van der Waals surface area contributed by atoms with E-state index < -0.39 is 5.97 Å². The van der Waals surface area contributed by atoms with Crippen molar-refractivity contribution in [1.82, 2.24) is 0 Å². The Balaban J connectivity index is 1.52. The predicted molar refractivity (Wildman–Crippen MR) is 115 cm³/mol. The van der Waals surface area contributed by atoms with Crippen LogP contribution in [-0.2, 0) is 20.6 Å². The molecule has 1 unspecified atom stereocenters. The molecular formula is C25H28O5. The van der Waals surface area contributed by atoms with Crippen LogP contribution in [0, 0.1) is 0 Å². The molecule has 0 N–H and O–H groups in total. The van der Waals surface area contributed by atoms with Crippen molar-refractivity contribution in [2.24, 2.45) is 0 Å². The molecular weight excluding hydrogens is 380 g/mol. The summed E-state index contributed by atoms with van der Waals surface area (Å²) in [4.78, 5) is 24.1. The molecule has 2 aromatic rings. The van der Waals surface area contributed by atoms with E-state index in [0.717, 1.165) is 37.9 Å². The van der Waals surface area contributed by atoms with E-state index in [0.29, 0.717) is 17.7 Å². The Morgan fingerprint density at radius 1 is 1.10 bits per heavy atom. The zero-order valence-electron chi connectivity index (χ0n) is 17.3. The molecule has 158 valence electrons. The number of aryl methyl sites for hydroxylation is 1. The summed E-state index contributed by atoms with van der Waals surface area (Å²) in [5.74, 6) is -0.618. The Hall–Kier alpha value is -2.76. The van der Waals surface area contributed by atoms with Gasteiger partial charge >= 0.3 is 5.97 Å². The highest BCUT2D eigenvalue weighted by Gasteiger charge is 2.13. The van der Waals surface area contributed by atoms with Crippen molar-refractivity contribution in [3.63, 3.8) is 0 Å². The molecule has 0 radical (unpaired) electrons. The molecule has 1 aliphatic rings. The maximum Gasteiger partial charge on any atom is 0.337 e. The molecule has 0 amide bonds. The first-order valence-corrected chi connectivity index (χ1v) is 10.4. The van der Waals surface area contributed by atoms with Gasteiger partial charge in [0.15, 0.2) is 12.1 Å². The van der Waals surface area contributed by atoms with Gasteiger partial charge in [0.05, 0.1) is 19.3 Å². The SMILES string of the molecule is COC(=O)c1cccc(C(=O)/C=C/c2cccc(CCCOC3CCCCO3)c2)c1. The lowest BCUT2D eigenvalue weighted by Crippen LogP contribution is -2.22. The van der Waals surface area contributed by atoms with Gasteiger partial charge in [-0.05, 0) is 61.4 Å². The van der Waals surface area contributed by atoms with Crippen molar-refractivity contribution in [1.29, 1.82) is 0 Å². The maximum atomic E-state index is 12.5. The van der Waals surface area contributed by atoms with Crippen LogP contribution in [0.1, 0.15) is 57.5 Å². The van der Waals surface area contributed by atoms with Crippen LogP contribution in [0.15, 0.2) is 54.6 Å². The van der Waals surface area contributed by atoms with Crippen LogP contribution < -0.4 is 0 Å². The first-order chi connectivity index (χ1) is 14.7. The fourth-order valence-electron chi connectivity index (χ4n) is 3.37. The Kier molecular flexibility index (Phi) is 8.36. The average molecular weight is 408 g/mol. The standard InChI is InChI=1S/C25H28O5/c1-28-25(27)22-11-5-10-21(18-22)23(26)14-13-20-8-4-7-19(17-20)9-6-16-30-24-12-2-3-15-29-24/h4-5,7-8,10-11,13-14,17-18,24H,2-3,6,9,12,15-16H2,1H3/b14-13+. The lowest BCUT2D eigenvalue weighted by atomic mass is 10.0. The molecule has 0 spiro atoms. The molecule has 5 nitrogen and oxygen atoms in total. The van der Waals surface area contributed by atoms with Crippen LogP contribution in [0.4, 0.5) is 0 Å². The monoisotopic (exact) mass is 408 g/mol. The van der Waals surface area contributed by atoms with E-state index in [4.69, 9.17) is 14.2 Å². The van der Waals surface area contributed by atoms with E-state index in [2.05, 4.69) is 12.1 Å². The van der Waals surface area contributed by atoms with Crippen molar-refractivity contribution in [3.8, 4) is 0 Å². The molecule has 0 saturated carbocycles. The second kappa shape index (κ2) is 11.4. The van der Waals surface area contributed by atoms with E-state index >= 15 is 0 Å². The van der Waals surface area contributed by atoms with Gasteiger partial charge < -0.3 is 14.2 Å². The third-order valence-electron chi connectivity index (χ3n) is 5.00. The van der Waals surface area contributed by atoms with Gasteiger partial charge in [0.25, 0.3) is 0 Å². The summed E-state index contributed by atoms with van der Waals surface area (Å²) in [6.07, 6.45) is 8.38. The molecule has 3 rings (SSSR count). The van der Waals surface area contributed by atoms with Gasteiger partial charge in [-0.1, -0.05) is 42.5 Å². The number of carbonyl (C=O) groups is 2. The summed E-state index contributed by atoms with van der Waals surface area (Å²) in [6.45, 7) is 1.48. The highest BCUT2D eigenvalue weighted by atomic mass is 16.7. The normalized spacial score (nSPS) is 16.5. The summed E-state index contributed by atoms with van der Waals surface area (Å²) >= 11 is 0. The van der Waals surface area contributed by atoms with Crippen LogP contribution in [-0.4, -0.2) is 38.4 Å². The molecule has 1 aliphatic heterocycles. The Morgan fingerprint density at radius 3 is 2.73 bits per heavy atom. The van der Waals surface area contributed by atoms with Gasteiger partial charge in [0, 0.05) is 12.2 Å². The van der Waals surface area contributed by atoms with E-state index in [1.165, 1.54) is 25.2 Å². The molecule has 0 bridgehead atoms. The second-order valence-electron chi connectivity index (χ2n) is 7.29. The minimum absolute atomic E-state index is 0.0447. The first kappa shape index (κ1) is 21.9. The lowest BCUT2D eigenvalue weighted by Gasteiger charge is -2.22. The van der Waals surface area contributed by atoms with Crippen LogP contribution in [0.2, 0.25) is 0 Å². The lowest BCUT2D eigenvalue weighted by molar-refractivity contribution is -0.162. The van der Waals surface area contributed by atoms with Gasteiger partial charge in [-0.25, -0.2) is 4.79 Å². The number of hydrogen-bond acceptors (Lipinski definition) is 5. The van der Waals surface area contributed by atoms with Gasteiger partial charge in [-0.15, -0.1) is 0 Å². The smallest absolute Gasteiger partial charge is 0.337 e. The molecule has 5 heteroatoms. The molecule has 1 atom stereocenters. The summed E-state index contributed by atoms with van der Waals surface area (Å²) in [6, 6.07) is 14.6.